The van der Waals surface area contributed by atoms with Crippen LogP contribution in [-0.2, 0) is 4.74 Å². The number of anilines is 1. The number of benzene rings is 1. The van der Waals surface area contributed by atoms with Gasteiger partial charge >= 0.3 is 12.1 Å². The molecule has 1 aromatic carbocycles. The molecule has 0 unspecified atom stereocenters. The first-order valence-electron chi connectivity index (χ1n) is 7.44. The first-order valence-corrected chi connectivity index (χ1v) is 8.19. The van der Waals surface area contributed by atoms with Crippen LogP contribution in [0.3, 0.4) is 0 Å². The van der Waals surface area contributed by atoms with Crippen molar-refractivity contribution in [2.24, 2.45) is 0 Å². The number of urea groups is 1. The summed E-state index contributed by atoms with van der Waals surface area (Å²) in [6.45, 7) is 3.27. The number of hydrogen-bond donors (Lipinski definition) is 2. The Bertz CT molecular complexity index is 575. The standard InChI is InChI=1S/C15H19Cl2N3O3/c1-2-23-15(22)20-7-5-10(6-8-20)18-14(21)19-11-3-4-12(16)13(17)9-11/h3-4,9-10H,2,5-8H2,1H3,(H2,18,19,21). The van der Waals surface area contributed by atoms with E-state index in [0.29, 0.717) is 48.3 Å². The molecule has 1 aliphatic heterocycles. The quantitative estimate of drug-likeness (QED) is 0.863. The normalized spacial score (nSPS) is 15.2. The van der Waals surface area contributed by atoms with Crippen LogP contribution in [0, 0.1) is 0 Å². The molecule has 1 aliphatic rings. The summed E-state index contributed by atoms with van der Waals surface area (Å²) in [5, 5.41) is 6.42. The molecule has 23 heavy (non-hydrogen) atoms. The first-order chi connectivity index (χ1) is 11.0. The molecule has 1 fully saturated rings. The molecule has 2 rings (SSSR count). The highest BCUT2D eigenvalue weighted by Crippen LogP contribution is 2.25. The van der Waals surface area contributed by atoms with Crippen molar-refractivity contribution in [1.29, 1.82) is 0 Å². The van der Waals surface area contributed by atoms with Gasteiger partial charge in [0.25, 0.3) is 0 Å². The van der Waals surface area contributed by atoms with E-state index in [4.69, 9.17) is 27.9 Å². The zero-order chi connectivity index (χ0) is 16.8. The number of ether oxygens (including phenoxy) is 1. The van der Waals surface area contributed by atoms with Gasteiger partial charge in [-0.05, 0) is 38.0 Å². The minimum absolute atomic E-state index is 0.0171. The van der Waals surface area contributed by atoms with Gasteiger partial charge in [-0.25, -0.2) is 9.59 Å². The van der Waals surface area contributed by atoms with E-state index in [0.717, 1.165) is 0 Å². The predicted octanol–water partition coefficient (Wildman–Crippen LogP) is 3.74. The van der Waals surface area contributed by atoms with Gasteiger partial charge < -0.3 is 20.3 Å². The molecule has 1 heterocycles. The van der Waals surface area contributed by atoms with Crippen molar-refractivity contribution in [1.82, 2.24) is 10.2 Å². The maximum absolute atomic E-state index is 12.0. The zero-order valence-electron chi connectivity index (χ0n) is 12.8. The Hall–Kier alpha value is -1.66. The fourth-order valence-electron chi connectivity index (χ4n) is 2.35. The number of hydrogen-bond acceptors (Lipinski definition) is 3. The number of piperidine rings is 1. The fourth-order valence-corrected chi connectivity index (χ4v) is 2.65. The molecule has 0 atom stereocenters. The van der Waals surface area contributed by atoms with Crippen LogP contribution in [0.5, 0.6) is 0 Å². The average Bonchev–Trinajstić information content (AvgIpc) is 2.52. The van der Waals surface area contributed by atoms with Crippen molar-refractivity contribution < 1.29 is 14.3 Å². The SMILES string of the molecule is CCOC(=O)N1CCC(NC(=O)Nc2ccc(Cl)c(Cl)c2)CC1. The number of halogens is 2. The molecule has 1 saturated heterocycles. The highest BCUT2D eigenvalue weighted by atomic mass is 35.5. The maximum Gasteiger partial charge on any atom is 0.409 e. The van der Waals surface area contributed by atoms with Gasteiger partial charge in [0.2, 0.25) is 0 Å². The number of rotatable bonds is 3. The molecule has 6 nitrogen and oxygen atoms in total. The van der Waals surface area contributed by atoms with Crippen LogP contribution >= 0.6 is 23.2 Å². The first kappa shape index (κ1) is 17.7. The molecule has 2 N–H and O–H groups in total. The summed E-state index contributed by atoms with van der Waals surface area (Å²) in [5.41, 5.74) is 0.570. The molecule has 0 saturated carbocycles. The van der Waals surface area contributed by atoms with Crippen LogP contribution in [0.4, 0.5) is 15.3 Å². The molecular weight excluding hydrogens is 341 g/mol. The molecule has 0 bridgehead atoms. The van der Waals surface area contributed by atoms with Crippen LogP contribution in [0.1, 0.15) is 19.8 Å². The number of likely N-dealkylation sites (tertiary alicyclic amines) is 1. The van der Waals surface area contributed by atoms with Crippen molar-refractivity contribution in [3.05, 3.63) is 28.2 Å². The van der Waals surface area contributed by atoms with Crippen LogP contribution in [0.2, 0.25) is 10.0 Å². The third kappa shape index (κ3) is 5.18. The van der Waals surface area contributed by atoms with Crippen LogP contribution in [-0.4, -0.2) is 42.8 Å². The van der Waals surface area contributed by atoms with Gasteiger partial charge in [0.05, 0.1) is 16.7 Å². The highest BCUT2D eigenvalue weighted by molar-refractivity contribution is 6.42. The smallest absolute Gasteiger partial charge is 0.409 e. The lowest BCUT2D eigenvalue weighted by molar-refractivity contribution is 0.0959. The summed E-state index contributed by atoms with van der Waals surface area (Å²) < 4.78 is 4.96. The third-order valence-electron chi connectivity index (χ3n) is 3.53. The molecule has 1 aromatic rings. The summed E-state index contributed by atoms with van der Waals surface area (Å²) in [5.74, 6) is 0. The van der Waals surface area contributed by atoms with Gasteiger partial charge in [0.1, 0.15) is 0 Å². The zero-order valence-corrected chi connectivity index (χ0v) is 14.3. The second kappa shape index (κ2) is 8.26. The predicted molar refractivity (Wildman–Crippen MR) is 90.2 cm³/mol. The molecule has 8 heteroatoms. The summed E-state index contributed by atoms with van der Waals surface area (Å²) in [7, 11) is 0. The Morgan fingerprint density at radius 1 is 1.26 bits per heavy atom. The van der Waals surface area contributed by atoms with E-state index in [9.17, 15) is 9.59 Å². The van der Waals surface area contributed by atoms with Gasteiger partial charge in [-0.2, -0.15) is 0 Å². The van der Waals surface area contributed by atoms with E-state index in [1.54, 1.807) is 30.0 Å². The molecular formula is C15H19Cl2N3O3. The molecule has 0 aromatic heterocycles. The van der Waals surface area contributed by atoms with E-state index in [1.807, 2.05) is 0 Å². The highest BCUT2D eigenvalue weighted by Gasteiger charge is 2.24. The van der Waals surface area contributed by atoms with Gasteiger partial charge in [-0.3, -0.25) is 0 Å². The summed E-state index contributed by atoms with van der Waals surface area (Å²) >= 11 is 11.7. The summed E-state index contributed by atoms with van der Waals surface area (Å²) in [4.78, 5) is 25.3. The van der Waals surface area contributed by atoms with Crippen molar-refractivity contribution in [2.75, 3.05) is 25.0 Å². The molecule has 0 aliphatic carbocycles. The second-order valence-corrected chi connectivity index (χ2v) is 6.00. The van der Waals surface area contributed by atoms with E-state index in [-0.39, 0.29) is 18.2 Å². The number of nitrogens with one attached hydrogen (secondary N) is 2. The largest absolute Gasteiger partial charge is 0.450 e. The number of carbonyl (C=O) groups is 2. The summed E-state index contributed by atoms with van der Waals surface area (Å²) in [6, 6.07) is 4.60. The Kier molecular flexibility index (Phi) is 6.36. The number of carbonyl (C=O) groups excluding carboxylic acids is 2. The monoisotopic (exact) mass is 359 g/mol. The number of amides is 3. The minimum Gasteiger partial charge on any atom is -0.450 e. The van der Waals surface area contributed by atoms with Crippen molar-refractivity contribution in [2.45, 2.75) is 25.8 Å². The van der Waals surface area contributed by atoms with Gasteiger partial charge in [-0.1, -0.05) is 23.2 Å². The maximum atomic E-state index is 12.0. The Morgan fingerprint density at radius 3 is 2.57 bits per heavy atom. The second-order valence-electron chi connectivity index (χ2n) is 5.19. The van der Waals surface area contributed by atoms with Crippen LogP contribution in [0.15, 0.2) is 18.2 Å². The molecule has 0 radical (unpaired) electrons. The summed E-state index contributed by atoms with van der Waals surface area (Å²) in [6.07, 6.45) is 1.08. The lowest BCUT2D eigenvalue weighted by atomic mass is 10.1. The Morgan fingerprint density at radius 2 is 1.96 bits per heavy atom. The van der Waals surface area contributed by atoms with Crippen molar-refractivity contribution >= 4 is 41.0 Å². The van der Waals surface area contributed by atoms with Gasteiger partial charge in [0.15, 0.2) is 0 Å². The third-order valence-corrected chi connectivity index (χ3v) is 4.27. The number of nitrogens with zero attached hydrogens (tertiary/aromatic N) is 1. The topological polar surface area (TPSA) is 70.7 Å². The van der Waals surface area contributed by atoms with E-state index in [2.05, 4.69) is 10.6 Å². The molecule has 126 valence electrons. The van der Waals surface area contributed by atoms with Crippen LogP contribution in [0.25, 0.3) is 0 Å². The van der Waals surface area contributed by atoms with Crippen LogP contribution < -0.4 is 10.6 Å². The molecule has 0 spiro atoms. The van der Waals surface area contributed by atoms with Crippen molar-refractivity contribution in [3.63, 3.8) is 0 Å². The fraction of sp³-hybridized carbons (Fsp3) is 0.467. The average molecular weight is 360 g/mol. The molecule has 3 amide bonds. The lowest BCUT2D eigenvalue weighted by Gasteiger charge is -2.31. The Balaban J connectivity index is 1.78. The lowest BCUT2D eigenvalue weighted by Crippen LogP contribution is -2.47. The minimum atomic E-state index is -0.307. The van der Waals surface area contributed by atoms with Gasteiger partial charge in [0, 0.05) is 24.8 Å². The van der Waals surface area contributed by atoms with E-state index in [1.165, 1.54) is 0 Å². The Labute approximate surface area is 145 Å². The van der Waals surface area contributed by atoms with E-state index < -0.39 is 0 Å². The van der Waals surface area contributed by atoms with Crippen molar-refractivity contribution in [3.8, 4) is 0 Å². The van der Waals surface area contributed by atoms with E-state index >= 15 is 0 Å². The van der Waals surface area contributed by atoms with Gasteiger partial charge in [-0.15, -0.1) is 0 Å².